The van der Waals surface area contributed by atoms with E-state index in [0.717, 1.165) is 41.4 Å². The molecule has 0 bridgehead atoms. The van der Waals surface area contributed by atoms with E-state index in [1.54, 1.807) is 14.2 Å². The Morgan fingerprint density at radius 3 is 1.87 bits per heavy atom. The first-order valence-corrected chi connectivity index (χ1v) is 14.3. The van der Waals surface area contributed by atoms with Gasteiger partial charge in [-0.25, -0.2) is 6.57 Å². The third kappa shape index (κ3) is 5.75. The maximum Gasteiger partial charge on any atom is 0.222 e. The van der Waals surface area contributed by atoms with Crippen LogP contribution in [0.25, 0.3) is 20.2 Å². The Labute approximate surface area is 233 Å². The molecule has 1 aliphatic heterocycles. The maximum atomic E-state index is 7.25. The van der Waals surface area contributed by atoms with Gasteiger partial charge >= 0.3 is 0 Å². The van der Waals surface area contributed by atoms with Crippen molar-refractivity contribution in [3.63, 3.8) is 0 Å². The number of thioether (sulfide) groups is 1. The van der Waals surface area contributed by atoms with Crippen LogP contribution in [-0.4, -0.2) is 25.5 Å². The summed E-state index contributed by atoms with van der Waals surface area (Å²) in [5, 5.41) is 0.515. The first-order valence-electron chi connectivity index (χ1n) is 12.6. The van der Waals surface area contributed by atoms with Crippen LogP contribution in [0.5, 0.6) is 11.5 Å². The molecule has 0 saturated heterocycles. The molecule has 2 unspecified atom stereocenters. The minimum Gasteiger partial charge on any atom is -0.497 e. The number of rotatable bonds is 9. The third-order valence-electron chi connectivity index (χ3n) is 6.60. The van der Waals surface area contributed by atoms with E-state index in [1.807, 2.05) is 54.3 Å². The molecule has 1 aliphatic rings. The van der Waals surface area contributed by atoms with E-state index in [4.69, 9.17) is 16.0 Å². The standard InChI is InChI=1S/C32H30N2O2S2/c1-22(33-2)21-29-17-18-31(37-29)32-20-19-30(38-32)23-5-7-24(8-6-23)34(25-9-13-27(35-3)14-10-25)26-11-15-28(36-4)16-12-26/h5-16,18-20,22,29H,17,21H2,1,3-4H3. The SMILES string of the molecule is [C-]#[N+]C(C)CC1CC=C(c2ccc(-c3ccc(N(c4ccc(OC)cc4)c4ccc(OC)cc4)cc3)s2)S1. The molecular formula is C32H30N2O2S2. The van der Waals surface area contributed by atoms with Crippen molar-refractivity contribution in [2.24, 2.45) is 0 Å². The van der Waals surface area contributed by atoms with E-state index in [9.17, 15) is 0 Å². The molecule has 6 heteroatoms. The molecule has 38 heavy (non-hydrogen) atoms. The average molecular weight is 539 g/mol. The van der Waals surface area contributed by atoms with Crippen LogP contribution < -0.4 is 14.4 Å². The second-order valence-electron chi connectivity index (χ2n) is 9.20. The number of thiophene rings is 1. The van der Waals surface area contributed by atoms with Crippen molar-refractivity contribution in [2.45, 2.75) is 31.1 Å². The Morgan fingerprint density at radius 2 is 1.34 bits per heavy atom. The fourth-order valence-corrected chi connectivity index (χ4v) is 7.08. The Morgan fingerprint density at radius 1 is 0.816 bits per heavy atom. The molecule has 0 spiro atoms. The van der Waals surface area contributed by atoms with Crippen LogP contribution in [0.2, 0.25) is 0 Å². The normalized spacial score (nSPS) is 15.4. The molecule has 5 rings (SSSR count). The van der Waals surface area contributed by atoms with Crippen LogP contribution in [0.3, 0.4) is 0 Å². The number of nitrogens with zero attached hydrogens (tertiary/aromatic N) is 2. The summed E-state index contributed by atoms with van der Waals surface area (Å²) in [5.41, 5.74) is 4.38. The van der Waals surface area contributed by atoms with E-state index in [0.29, 0.717) is 5.25 Å². The highest BCUT2D eigenvalue weighted by atomic mass is 32.2. The van der Waals surface area contributed by atoms with E-state index in [2.05, 4.69) is 76.5 Å². The Hall–Kier alpha value is -3.66. The first kappa shape index (κ1) is 26.0. The van der Waals surface area contributed by atoms with Gasteiger partial charge in [0.15, 0.2) is 0 Å². The summed E-state index contributed by atoms with van der Waals surface area (Å²) in [4.78, 5) is 9.82. The fraction of sp³-hybridized carbons (Fsp3) is 0.219. The first-order chi connectivity index (χ1) is 18.6. The van der Waals surface area contributed by atoms with Crippen LogP contribution in [0.15, 0.2) is 91.0 Å². The number of ether oxygens (including phenoxy) is 2. The smallest absolute Gasteiger partial charge is 0.222 e. The van der Waals surface area contributed by atoms with Gasteiger partial charge < -0.3 is 19.2 Å². The van der Waals surface area contributed by atoms with E-state index < -0.39 is 0 Å². The Bertz CT molecular complexity index is 1390. The van der Waals surface area contributed by atoms with E-state index in [1.165, 1.54) is 20.2 Å². The van der Waals surface area contributed by atoms with Crippen molar-refractivity contribution in [3.8, 4) is 21.9 Å². The number of anilines is 3. The van der Waals surface area contributed by atoms with Gasteiger partial charge in [-0.1, -0.05) is 18.2 Å². The van der Waals surface area contributed by atoms with Crippen molar-refractivity contribution >= 4 is 45.1 Å². The molecule has 4 aromatic rings. The van der Waals surface area contributed by atoms with Crippen LogP contribution in [-0.2, 0) is 0 Å². The summed E-state index contributed by atoms with van der Waals surface area (Å²) in [7, 11) is 3.36. The molecule has 1 aromatic heterocycles. The molecule has 4 nitrogen and oxygen atoms in total. The van der Waals surface area contributed by atoms with Crippen molar-refractivity contribution in [2.75, 3.05) is 19.1 Å². The molecule has 3 aromatic carbocycles. The average Bonchev–Trinajstić information content (AvgIpc) is 3.64. The van der Waals surface area contributed by atoms with Crippen LogP contribution in [0.4, 0.5) is 17.1 Å². The molecule has 0 fully saturated rings. The number of allylic oxidation sites excluding steroid dienone is 1. The van der Waals surface area contributed by atoms with Gasteiger partial charge in [0.1, 0.15) is 11.5 Å². The summed E-state index contributed by atoms with van der Waals surface area (Å²) < 4.78 is 10.7. The molecule has 2 heterocycles. The van der Waals surface area contributed by atoms with E-state index in [-0.39, 0.29) is 6.04 Å². The summed E-state index contributed by atoms with van der Waals surface area (Å²) in [6.07, 6.45) is 4.34. The molecular weight excluding hydrogens is 508 g/mol. The monoisotopic (exact) mass is 538 g/mol. The highest BCUT2D eigenvalue weighted by Gasteiger charge is 2.24. The van der Waals surface area contributed by atoms with Crippen LogP contribution >= 0.6 is 23.1 Å². The lowest BCUT2D eigenvalue weighted by Gasteiger charge is -2.26. The summed E-state index contributed by atoms with van der Waals surface area (Å²) in [6, 6.07) is 29.5. The third-order valence-corrected chi connectivity index (χ3v) is 9.26. The molecule has 0 saturated carbocycles. The van der Waals surface area contributed by atoms with Gasteiger partial charge in [0.25, 0.3) is 0 Å². The Kier molecular flexibility index (Phi) is 8.07. The van der Waals surface area contributed by atoms with Gasteiger partial charge in [0.05, 0.1) is 14.2 Å². The molecule has 0 amide bonds. The lowest BCUT2D eigenvalue weighted by Crippen LogP contribution is -2.09. The number of benzene rings is 3. The fourth-order valence-electron chi connectivity index (χ4n) is 4.56. The van der Waals surface area contributed by atoms with Gasteiger partial charge in [-0.3, -0.25) is 0 Å². The minimum atomic E-state index is 0.0908. The largest absolute Gasteiger partial charge is 0.497 e. The van der Waals surface area contributed by atoms with Crippen LogP contribution in [0.1, 0.15) is 24.6 Å². The predicted octanol–water partition coefficient (Wildman–Crippen LogP) is 9.45. The molecule has 0 N–H and O–H groups in total. The maximum absolute atomic E-state index is 7.25. The lowest BCUT2D eigenvalue weighted by atomic mass is 10.1. The Balaban J connectivity index is 1.38. The van der Waals surface area contributed by atoms with Crippen molar-refractivity contribution in [1.29, 1.82) is 0 Å². The van der Waals surface area contributed by atoms with Crippen molar-refractivity contribution in [3.05, 3.63) is 107 Å². The van der Waals surface area contributed by atoms with E-state index >= 15 is 0 Å². The predicted molar refractivity (Wildman–Crippen MR) is 162 cm³/mol. The highest BCUT2D eigenvalue weighted by molar-refractivity contribution is 8.09. The van der Waals surface area contributed by atoms with Gasteiger partial charge in [-0.05, 0) is 84.8 Å². The summed E-state index contributed by atoms with van der Waals surface area (Å²) >= 11 is 3.76. The van der Waals surface area contributed by atoms with Crippen molar-refractivity contribution in [1.82, 2.24) is 0 Å². The second-order valence-corrected chi connectivity index (χ2v) is 11.6. The van der Waals surface area contributed by atoms with Gasteiger partial charge in [0, 0.05) is 50.3 Å². The van der Waals surface area contributed by atoms with Gasteiger partial charge in [0.2, 0.25) is 6.04 Å². The van der Waals surface area contributed by atoms with Gasteiger partial charge in [-0.15, -0.1) is 23.1 Å². The summed E-state index contributed by atoms with van der Waals surface area (Å²) in [5.74, 6) is 1.66. The van der Waals surface area contributed by atoms with Crippen LogP contribution in [0, 0.1) is 6.57 Å². The number of hydrogen-bond acceptors (Lipinski definition) is 5. The van der Waals surface area contributed by atoms with Crippen molar-refractivity contribution < 1.29 is 9.47 Å². The topological polar surface area (TPSA) is 26.1 Å². The number of hydrogen-bond donors (Lipinski definition) is 0. The zero-order valence-corrected chi connectivity index (χ0v) is 23.4. The minimum absolute atomic E-state index is 0.0908. The molecule has 0 aliphatic carbocycles. The highest BCUT2D eigenvalue weighted by Crippen LogP contribution is 2.45. The second kappa shape index (κ2) is 11.8. The zero-order valence-electron chi connectivity index (χ0n) is 21.8. The zero-order chi connectivity index (χ0) is 26.5. The molecule has 0 radical (unpaired) electrons. The van der Waals surface area contributed by atoms with Gasteiger partial charge in [-0.2, -0.15) is 0 Å². The lowest BCUT2D eigenvalue weighted by molar-refractivity contribution is 0.415. The molecule has 2 atom stereocenters. The summed E-state index contributed by atoms with van der Waals surface area (Å²) in [6.45, 7) is 9.26. The quantitative estimate of drug-likeness (QED) is 0.198. The molecule has 192 valence electrons. The number of methoxy groups -OCH3 is 2.